The number of nitrogens with two attached hydrogens (primary N) is 1. The summed E-state index contributed by atoms with van der Waals surface area (Å²) in [4.78, 5) is 4.26. The molecule has 2 N–H and O–H groups in total. The van der Waals surface area contributed by atoms with Crippen molar-refractivity contribution in [2.75, 3.05) is 21.3 Å². The number of aliphatic imine (C=N–C) groups is 1. The van der Waals surface area contributed by atoms with Gasteiger partial charge in [0.05, 0.1) is 11.5 Å². The van der Waals surface area contributed by atoms with Crippen molar-refractivity contribution >= 4 is 14.1 Å². The van der Waals surface area contributed by atoms with Crippen LogP contribution in [0, 0.1) is 0 Å². The predicted molar refractivity (Wildman–Crippen MR) is 58.2 cm³/mol. The smallest absolute Gasteiger partial charge is 0.373 e. The van der Waals surface area contributed by atoms with Gasteiger partial charge in [-0.15, -0.1) is 0 Å². The highest BCUT2D eigenvalue weighted by atomic mass is 28.4. The van der Waals surface area contributed by atoms with E-state index in [2.05, 4.69) is 4.99 Å². The van der Waals surface area contributed by atoms with Crippen molar-refractivity contribution < 1.29 is 13.3 Å². The molecule has 0 fully saturated rings. The molecule has 1 atom stereocenters. The van der Waals surface area contributed by atoms with E-state index in [9.17, 15) is 0 Å². The van der Waals surface area contributed by atoms with E-state index in [0.29, 0.717) is 6.42 Å². The SMILES string of the molecule is CCC(=NC(C)N)[Si](OC)(OC)OC. The Kier molecular flexibility index (Phi) is 6.13. The van der Waals surface area contributed by atoms with Gasteiger partial charge in [0.15, 0.2) is 0 Å². The van der Waals surface area contributed by atoms with Crippen LogP contribution < -0.4 is 5.73 Å². The summed E-state index contributed by atoms with van der Waals surface area (Å²) >= 11 is 0. The minimum atomic E-state index is -2.74. The second-order valence-corrected chi connectivity index (χ2v) is 5.75. The van der Waals surface area contributed by atoms with Gasteiger partial charge in [0, 0.05) is 21.3 Å². The van der Waals surface area contributed by atoms with Gasteiger partial charge in [0.2, 0.25) is 0 Å². The first-order valence-corrected chi connectivity index (χ1v) is 6.27. The van der Waals surface area contributed by atoms with E-state index in [1.807, 2.05) is 6.92 Å². The van der Waals surface area contributed by atoms with E-state index < -0.39 is 8.80 Å². The molecule has 0 aliphatic rings. The largest absolute Gasteiger partial charge is 0.550 e. The van der Waals surface area contributed by atoms with E-state index in [1.54, 1.807) is 28.3 Å². The van der Waals surface area contributed by atoms with Gasteiger partial charge in [0.1, 0.15) is 0 Å². The molecule has 0 aromatic rings. The molecule has 0 rings (SSSR count). The van der Waals surface area contributed by atoms with Crippen molar-refractivity contribution in [1.29, 1.82) is 0 Å². The van der Waals surface area contributed by atoms with Crippen LogP contribution in [0.1, 0.15) is 20.3 Å². The molecule has 14 heavy (non-hydrogen) atoms. The molecule has 0 aromatic carbocycles. The minimum Gasteiger partial charge on any atom is -0.373 e. The maximum atomic E-state index is 5.60. The highest BCUT2D eigenvalue weighted by molar-refractivity contribution is 6.93. The lowest BCUT2D eigenvalue weighted by molar-refractivity contribution is 0.144. The Morgan fingerprint density at radius 1 is 1.29 bits per heavy atom. The van der Waals surface area contributed by atoms with Crippen molar-refractivity contribution in [1.82, 2.24) is 0 Å². The van der Waals surface area contributed by atoms with Crippen LogP contribution in [0.25, 0.3) is 0 Å². The lowest BCUT2D eigenvalue weighted by Crippen LogP contribution is -2.52. The van der Waals surface area contributed by atoms with Crippen molar-refractivity contribution in [3.8, 4) is 0 Å². The topological polar surface area (TPSA) is 66.1 Å². The van der Waals surface area contributed by atoms with Gasteiger partial charge < -0.3 is 19.0 Å². The molecule has 0 spiro atoms. The lowest BCUT2D eigenvalue weighted by Gasteiger charge is -2.25. The van der Waals surface area contributed by atoms with Gasteiger partial charge >= 0.3 is 8.80 Å². The first-order chi connectivity index (χ1) is 6.56. The maximum absolute atomic E-state index is 5.60. The zero-order valence-corrected chi connectivity index (χ0v) is 10.5. The highest BCUT2D eigenvalue weighted by Gasteiger charge is 2.43. The summed E-state index contributed by atoms with van der Waals surface area (Å²) in [6, 6.07) is 0. The van der Waals surface area contributed by atoms with Gasteiger partial charge in [-0.2, -0.15) is 0 Å². The molecular weight excluding hydrogens is 200 g/mol. The fourth-order valence-corrected chi connectivity index (χ4v) is 3.24. The zero-order chi connectivity index (χ0) is 11.2. The van der Waals surface area contributed by atoms with Crippen LogP contribution in [0.15, 0.2) is 4.99 Å². The first-order valence-electron chi connectivity index (χ1n) is 4.54. The fourth-order valence-electron chi connectivity index (χ4n) is 1.24. The Morgan fingerprint density at radius 2 is 1.71 bits per heavy atom. The summed E-state index contributed by atoms with van der Waals surface area (Å²) in [6.45, 7) is 3.77. The number of hydrogen-bond donors (Lipinski definition) is 1. The van der Waals surface area contributed by atoms with Crippen molar-refractivity contribution in [3.05, 3.63) is 0 Å². The molecule has 84 valence electrons. The Bertz CT molecular complexity index is 185. The third-order valence-electron chi connectivity index (χ3n) is 1.85. The summed E-state index contributed by atoms with van der Waals surface area (Å²) in [5.74, 6) is 0. The predicted octanol–water partition coefficient (Wildman–Crippen LogP) is 0.559. The van der Waals surface area contributed by atoms with E-state index in [0.717, 1.165) is 5.33 Å². The normalized spacial score (nSPS) is 15.7. The van der Waals surface area contributed by atoms with Gasteiger partial charge in [-0.1, -0.05) is 6.92 Å². The fraction of sp³-hybridized carbons (Fsp3) is 0.875. The van der Waals surface area contributed by atoms with Crippen molar-refractivity contribution in [2.24, 2.45) is 10.7 Å². The van der Waals surface area contributed by atoms with Crippen LogP contribution in [-0.4, -0.2) is 41.6 Å². The molecular formula is C8H20N2O3Si. The van der Waals surface area contributed by atoms with Gasteiger partial charge in [-0.05, 0) is 13.3 Å². The summed E-state index contributed by atoms with van der Waals surface area (Å²) in [6.07, 6.45) is 0.445. The highest BCUT2D eigenvalue weighted by Crippen LogP contribution is 2.12. The molecule has 0 bridgehead atoms. The van der Waals surface area contributed by atoms with Crippen LogP contribution in [-0.2, 0) is 13.3 Å². The van der Waals surface area contributed by atoms with Crippen LogP contribution >= 0.6 is 0 Å². The summed E-state index contributed by atoms with van der Waals surface area (Å²) in [5.41, 5.74) is 5.60. The minimum absolute atomic E-state index is 0.266. The molecule has 0 aliphatic heterocycles. The van der Waals surface area contributed by atoms with E-state index >= 15 is 0 Å². The number of nitrogens with zero attached hydrogens (tertiary/aromatic N) is 1. The average molecular weight is 220 g/mol. The first kappa shape index (κ1) is 13.7. The summed E-state index contributed by atoms with van der Waals surface area (Å²) < 4.78 is 15.9. The van der Waals surface area contributed by atoms with Crippen molar-refractivity contribution in [3.63, 3.8) is 0 Å². The molecule has 1 unspecified atom stereocenters. The van der Waals surface area contributed by atoms with Gasteiger partial charge in [-0.25, -0.2) is 0 Å². The molecule has 0 amide bonds. The monoisotopic (exact) mass is 220 g/mol. The molecule has 0 heterocycles. The summed E-state index contributed by atoms with van der Waals surface area (Å²) in [5, 5.41) is 0.778. The molecule has 6 heteroatoms. The van der Waals surface area contributed by atoms with Crippen LogP contribution in [0.4, 0.5) is 0 Å². The lowest BCUT2D eigenvalue weighted by atomic mass is 10.5. The standard InChI is InChI=1S/C8H20N2O3Si/c1-6-8(10-7(2)9)14(11-3,12-4)13-5/h7H,6,9H2,1-5H3. The Hall–Kier alpha value is -0.273. The van der Waals surface area contributed by atoms with Crippen LogP contribution in [0.2, 0.25) is 0 Å². The van der Waals surface area contributed by atoms with Gasteiger partial charge in [-0.3, -0.25) is 4.99 Å². The molecule has 0 radical (unpaired) electrons. The quantitative estimate of drug-likeness (QED) is 0.524. The van der Waals surface area contributed by atoms with Crippen molar-refractivity contribution in [2.45, 2.75) is 26.4 Å². The number of rotatable bonds is 6. The second kappa shape index (κ2) is 6.26. The maximum Gasteiger partial charge on any atom is 0.550 e. The number of hydrogen-bond acceptors (Lipinski definition) is 5. The van der Waals surface area contributed by atoms with E-state index in [4.69, 9.17) is 19.0 Å². The molecule has 0 saturated carbocycles. The van der Waals surface area contributed by atoms with Crippen LogP contribution in [0.5, 0.6) is 0 Å². The molecule has 0 aliphatic carbocycles. The zero-order valence-electron chi connectivity index (χ0n) is 9.53. The van der Waals surface area contributed by atoms with E-state index in [1.165, 1.54) is 0 Å². The Labute approximate surface area is 86.6 Å². The molecule has 0 saturated heterocycles. The van der Waals surface area contributed by atoms with E-state index in [-0.39, 0.29) is 6.17 Å². The Morgan fingerprint density at radius 3 is 1.93 bits per heavy atom. The van der Waals surface area contributed by atoms with Gasteiger partial charge in [0.25, 0.3) is 0 Å². The Balaban J connectivity index is 4.93. The third-order valence-corrected chi connectivity index (χ3v) is 4.66. The average Bonchev–Trinajstić information content (AvgIpc) is 2.19. The van der Waals surface area contributed by atoms with Crippen LogP contribution in [0.3, 0.4) is 0 Å². The second-order valence-electron chi connectivity index (χ2n) is 2.84. The summed E-state index contributed by atoms with van der Waals surface area (Å²) in [7, 11) is 1.94. The molecule has 5 nitrogen and oxygen atoms in total. The third kappa shape index (κ3) is 3.14. The molecule has 0 aromatic heterocycles.